The number of nitrogens with zero attached hydrogens (tertiary/aromatic N) is 2. The van der Waals surface area contributed by atoms with Crippen LogP contribution in [-0.4, -0.2) is 35.4 Å². The molecule has 1 atom stereocenters. The number of carbonyl (C=O) groups excluding carboxylic acids is 1. The van der Waals surface area contributed by atoms with Crippen LogP contribution in [0.15, 0.2) is 30.3 Å². The van der Waals surface area contributed by atoms with Crippen LogP contribution in [0.2, 0.25) is 0 Å². The van der Waals surface area contributed by atoms with Crippen LogP contribution in [-0.2, 0) is 9.53 Å². The van der Waals surface area contributed by atoms with Crippen molar-refractivity contribution in [2.45, 2.75) is 60.7 Å². The highest BCUT2D eigenvalue weighted by Gasteiger charge is 2.22. The summed E-state index contributed by atoms with van der Waals surface area (Å²) >= 11 is 0. The molecule has 0 aliphatic rings. The van der Waals surface area contributed by atoms with E-state index < -0.39 is 16.5 Å². The summed E-state index contributed by atoms with van der Waals surface area (Å²) in [5.41, 5.74) is 0.144. The van der Waals surface area contributed by atoms with Crippen molar-refractivity contribution >= 4 is 28.1 Å². The number of amides is 1. The molecule has 0 heterocycles. The van der Waals surface area contributed by atoms with Gasteiger partial charge in [0.05, 0.1) is 16.0 Å². The third-order valence-corrected chi connectivity index (χ3v) is 4.50. The SMILES string of the molecule is C.CC(C)C(=O)N(C)c1ccc([N+](=O)[O-])c2c(F)cccc12.CCCC(C)(O)OCC. The first-order chi connectivity index (χ1) is 14.0. The third kappa shape index (κ3) is 7.56. The van der Waals surface area contributed by atoms with Gasteiger partial charge in [0.15, 0.2) is 5.79 Å². The number of nitro groups is 1. The van der Waals surface area contributed by atoms with Crippen LogP contribution in [0.25, 0.3) is 10.8 Å². The summed E-state index contributed by atoms with van der Waals surface area (Å²) in [5, 5.41) is 20.6. The van der Waals surface area contributed by atoms with E-state index in [1.165, 1.54) is 29.2 Å². The third-order valence-electron chi connectivity index (χ3n) is 4.50. The number of hydrogen-bond acceptors (Lipinski definition) is 5. The van der Waals surface area contributed by atoms with E-state index >= 15 is 0 Å². The van der Waals surface area contributed by atoms with Gasteiger partial charge in [0.25, 0.3) is 5.69 Å². The van der Waals surface area contributed by atoms with Crippen molar-refractivity contribution in [1.82, 2.24) is 0 Å². The number of non-ortho nitro benzene ring substituents is 1. The molecule has 0 saturated carbocycles. The van der Waals surface area contributed by atoms with Gasteiger partial charge < -0.3 is 14.7 Å². The number of rotatable bonds is 7. The van der Waals surface area contributed by atoms with Crippen molar-refractivity contribution in [1.29, 1.82) is 0 Å². The van der Waals surface area contributed by atoms with Gasteiger partial charge in [-0.1, -0.05) is 46.8 Å². The maximum Gasteiger partial charge on any atom is 0.280 e. The smallest absolute Gasteiger partial charge is 0.280 e. The zero-order chi connectivity index (χ0) is 23.1. The standard InChI is InChI=1S/C15H15FN2O3.C7H16O2.CH4/c1-9(2)15(19)17(3)12-7-8-13(18(20)21)14-10(12)5-4-6-11(14)16;1-4-6-7(3,8)9-5-2;/h4-9H,1-3H3;8H,4-6H2,1-3H3;1H4. The van der Waals surface area contributed by atoms with Gasteiger partial charge >= 0.3 is 0 Å². The molecule has 2 rings (SSSR count). The summed E-state index contributed by atoms with van der Waals surface area (Å²) in [5.74, 6) is -1.95. The lowest BCUT2D eigenvalue weighted by Gasteiger charge is -2.21. The summed E-state index contributed by atoms with van der Waals surface area (Å²) in [6.07, 6.45) is 1.66. The van der Waals surface area contributed by atoms with E-state index in [1.54, 1.807) is 33.9 Å². The van der Waals surface area contributed by atoms with Crippen molar-refractivity contribution in [3.05, 3.63) is 46.3 Å². The van der Waals surface area contributed by atoms with Gasteiger partial charge in [0.2, 0.25) is 5.91 Å². The van der Waals surface area contributed by atoms with Crippen molar-refractivity contribution in [3.8, 4) is 0 Å². The number of aliphatic hydroxyl groups is 1. The quantitative estimate of drug-likeness (QED) is 0.341. The van der Waals surface area contributed by atoms with Gasteiger partial charge in [-0.25, -0.2) is 4.39 Å². The molecule has 0 saturated heterocycles. The first kappa shape index (κ1) is 28.4. The van der Waals surface area contributed by atoms with E-state index in [0.717, 1.165) is 6.42 Å². The highest BCUT2D eigenvalue weighted by molar-refractivity contribution is 6.06. The molecule has 7 nitrogen and oxygen atoms in total. The largest absolute Gasteiger partial charge is 0.366 e. The van der Waals surface area contributed by atoms with E-state index in [-0.39, 0.29) is 30.3 Å². The van der Waals surface area contributed by atoms with Crippen molar-refractivity contribution in [2.24, 2.45) is 5.92 Å². The average Bonchev–Trinajstić information content (AvgIpc) is 2.66. The number of ether oxygens (including phenoxy) is 1. The fourth-order valence-corrected chi connectivity index (χ4v) is 3.13. The molecule has 0 spiro atoms. The topological polar surface area (TPSA) is 92.9 Å². The number of fused-ring (bicyclic) bond motifs is 1. The number of anilines is 1. The van der Waals surface area contributed by atoms with Crippen LogP contribution in [0.4, 0.5) is 15.8 Å². The molecule has 0 aliphatic carbocycles. The maximum absolute atomic E-state index is 14.0. The first-order valence-electron chi connectivity index (χ1n) is 9.96. The summed E-state index contributed by atoms with van der Waals surface area (Å²) in [7, 11) is 1.58. The Morgan fingerprint density at radius 1 is 1.29 bits per heavy atom. The first-order valence-corrected chi connectivity index (χ1v) is 9.96. The van der Waals surface area contributed by atoms with Gasteiger partial charge in [-0.15, -0.1) is 0 Å². The second-order valence-corrected chi connectivity index (χ2v) is 7.43. The minimum absolute atomic E-state index is 0. The van der Waals surface area contributed by atoms with Crippen LogP contribution in [0.5, 0.6) is 0 Å². The molecule has 1 unspecified atom stereocenters. The van der Waals surface area contributed by atoms with E-state index in [2.05, 4.69) is 0 Å². The van der Waals surface area contributed by atoms with Gasteiger partial charge in [0.1, 0.15) is 5.82 Å². The number of carbonyl (C=O) groups is 1. The van der Waals surface area contributed by atoms with E-state index in [9.17, 15) is 24.4 Å². The minimum Gasteiger partial charge on any atom is -0.366 e. The van der Waals surface area contributed by atoms with Crippen LogP contribution in [0.3, 0.4) is 0 Å². The number of hydrogen-bond donors (Lipinski definition) is 1. The molecule has 174 valence electrons. The molecule has 0 radical (unpaired) electrons. The zero-order valence-electron chi connectivity index (χ0n) is 18.4. The zero-order valence-corrected chi connectivity index (χ0v) is 18.4. The molecular formula is C23H35FN2O5. The Hall–Kier alpha value is -2.58. The van der Waals surface area contributed by atoms with E-state index in [1.807, 2.05) is 13.8 Å². The van der Waals surface area contributed by atoms with Crippen LogP contribution >= 0.6 is 0 Å². The lowest BCUT2D eigenvalue weighted by Crippen LogP contribution is -2.30. The summed E-state index contributed by atoms with van der Waals surface area (Å²) in [6.45, 7) is 9.69. The number of halogens is 1. The predicted octanol–water partition coefficient (Wildman–Crippen LogP) is 5.67. The van der Waals surface area contributed by atoms with Gasteiger partial charge in [-0.2, -0.15) is 0 Å². The molecule has 31 heavy (non-hydrogen) atoms. The molecule has 1 N–H and O–H groups in total. The highest BCUT2D eigenvalue weighted by Crippen LogP contribution is 2.35. The Bertz CT molecular complexity index is 876. The summed E-state index contributed by atoms with van der Waals surface area (Å²) < 4.78 is 19.0. The molecule has 0 aromatic heterocycles. The van der Waals surface area contributed by atoms with Crippen LogP contribution in [0.1, 0.15) is 54.9 Å². The van der Waals surface area contributed by atoms with Crippen LogP contribution in [0, 0.1) is 21.8 Å². The second-order valence-electron chi connectivity index (χ2n) is 7.43. The van der Waals surface area contributed by atoms with Gasteiger partial charge in [0, 0.05) is 37.4 Å². The lowest BCUT2D eigenvalue weighted by atomic mass is 10.0. The molecule has 8 heteroatoms. The Morgan fingerprint density at radius 2 is 1.90 bits per heavy atom. The second kappa shape index (κ2) is 12.3. The summed E-state index contributed by atoms with van der Waals surface area (Å²) in [6, 6.07) is 6.91. The number of nitro benzene ring substituents is 1. The molecule has 0 fully saturated rings. The van der Waals surface area contributed by atoms with E-state index in [0.29, 0.717) is 24.1 Å². The summed E-state index contributed by atoms with van der Waals surface area (Å²) in [4.78, 5) is 23.9. The highest BCUT2D eigenvalue weighted by atomic mass is 19.1. The fourth-order valence-electron chi connectivity index (χ4n) is 3.13. The number of benzene rings is 2. The van der Waals surface area contributed by atoms with Crippen molar-refractivity contribution < 1.29 is 24.0 Å². The molecule has 0 bridgehead atoms. The lowest BCUT2D eigenvalue weighted by molar-refractivity contribution is -0.383. The Balaban J connectivity index is 0.000000769. The van der Waals surface area contributed by atoms with Gasteiger partial charge in [-0.3, -0.25) is 14.9 Å². The molecule has 0 aliphatic heterocycles. The Morgan fingerprint density at radius 3 is 2.39 bits per heavy atom. The minimum atomic E-state index is -0.899. The molecule has 1 amide bonds. The normalized spacial score (nSPS) is 12.4. The van der Waals surface area contributed by atoms with Crippen molar-refractivity contribution in [3.63, 3.8) is 0 Å². The van der Waals surface area contributed by atoms with Crippen LogP contribution < -0.4 is 4.90 Å². The monoisotopic (exact) mass is 438 g/mol. The Kier molecular flexibility index (Phi) is 11.3. The molecular weight excluding hydrogens is 403 g/mol. The fraction of sp³-hybridized carbons (Fsp3) is 0.522. The maximum atomic E-state index is 14.0. The average molecular weight is 439 g/mol. The predicted molar refractivity (Wildman–Crippen MR) is 123 cm³/mol. The van der Waals surface area contributed by atoms with Gasteiger partial charge in [-0.05, 0) is 26.0 Å². The van der Waals surface area contributed by atoms with Crippen molar-refractivity contribution in [2.75, 3.05) is 18.6 Å². The Labute approximate surface area is 184 Å². The molecule has 2 aromatic carbocycles. The molecule has 2 aromatic rings. The van der Waals surface area contributed by atoms with E-state index in [4.69, 9.17) is 4.74 Å².